The number of hydrogen-bond acceptors (Lipinski definition) is 2. The minimum absolute atomic E-state index is 0.143. The molecule has 0 aliphatic carbocycles. The average molecular weight is 216 g/mol. The van der Waals surface area contributed by atoms with Gasteiger partial charge in [0.1, 0.15) is 11.6 Å². The molecule has 0 amide bonds. The van der Waals surface area contributed by atoms with Crippen molar-refractivity contribution in [2.24, 2.45) is 0 Å². The minimum Gasteiger partial charge on any atom is -0.481 e. The molecule has 1 unspecified atom stereocenters. The van der Waals surface area contributed by atoms with Gasteiger partial charge in [-0.05, 0) is 24.6 Å². The second-order valence-corrected chi connectivity index (χ2v) is 3.11. The van der Waals surface area contributed by atoms with Crippen molar-refractivity contribution in [2.75, 3.05) is 0 Å². The standard InChI is InChI=1S/C10H10F2O3/c11-6-1-2-8(12)7(5-6)9(13)3-4-10(14)15/h1-2,5,9,13H,3-4H2,(H,14,15). The van der Waals surface area contributed by atoms with Crippen molar-refractivity contribution in [3.8, 4) is 0 Å². The largest absolute Gasteiger partial charge is 0.481 e. The van der Waals surface area contributed by atoms with Crippen LogP contribution in [0.15, 0.2) is 18.2 Å². The molecule has 1 aromatic carbocycles. The summed E-state index contributed by atoms with van der Waals surface area (Å²) < 4.78 is 25.8. The first-order valence-corrected chi connectivity index (χ1v) is 4.35. The third-order valence-electron chi connectivity index (χ3n) is 1.95. The molecular formula is C10H10F2O3. The highest BCUT2D eigenvalue weighted by atomic mass is 19.1. The van der Waals surface area contributed by atoms with E-state index in [2.05, 4.69) is 0 Å². The van der Waals surface area contributed by atoms with Crippen LogP contribution in [0.4, 0.5) is 8.78 Å². The Morgan fingerprint density at radius 1 is 1.40 bits per heavy atom. The van der Waals surface area contributed by atoms with E-state index in [-0.39, 0.29) is 18.4 Å². The number of hydrogen-bond donors (Lipinski definition) is 2. The number of carbonyl (C=O) groups is 1. The van der Waals surface area contributed by atoms with Crippen LogP contribution in [0, 0.1) is 11.6 Å². The van der Waals surface area contributed by atoms with E-state index in [0.29, 0.717) is 0 Å². The van der Waals surface area contributed by atoms with Crippen molar-refractivity contribution in [1.82, 2.24) is 0 Å². The van der Waals surface area contributed by atoms with Crippen LogP contribution in [-0.4, -0.2) is 16.2 Å². The summed E-state index contributed by atoms with van der Waals surface area (Å²) in [7, 11) is 0. The van der Waals surface area contributed by atoms with E-state index in [9.17, 15) is 18.7 Å². The van der Waals surface area contributed by atoms with E-state index in [1.165, 1.54) is 0 Å². The average Bonchev–Trinajstić information content (AvgIpc) is 2.18. The molecule has 0 radical (unpaired) electrons. The fourth-order valence-electron chi connectivity index (χ4n) is 1.19. The number of aliphatic hydroxyl groups is 1. The van der Waals surface area contributed by atoms with Crippen molar-refractivity contribution in [3.05, 3.63) is 35.4 Å². The zero-order chi connectivity index (χ0) is 11.4. The van der Waals surface area contributed by atoms with Crippen molar-refractivity contribution in [3.63, 3.8) is 0 Å². The predicted octanol–water partition coefficient (Wildman–Crippen LogP) is 1.86. The third-order valence-corrected chi connectivity index (χ3v) is 1.95. The normalized spacial score (nSPS) is 12.5. The maximum atomic E-state index is 13.1. The highest BCUT2D eigenvalue weighted by Crippen LogP contribution is 2.22. The van der Waals surface area contributed by atoms with Crippen molar-refractivity contribution in [1.29, 1.82) is 0 Å². The number of carboxylic acid groups (broad SMARTS) is 1. The molecule has 5 heteroatoms. The minimum atomic E-state index is -1.29. The van der Waals surface area contributed by atoms with Gasteiger partial charge >= 0.3 is 5.97 Å². The molecule has 0 aromatic heterocycles. The van der Waals surface area contributed by atoms with Crippen LogP contribution in [0.3, 0.4) is 0 Å². The van der Waals surface area contributed by atoms with Crippen molar-refractivity contribution in [2.45, 2.75) is 18.9 Å². The quantitative estimate of drug-likeness (QED) is 0.807. The molecule has 82 valence electrons. The lowest BCUT2D eigenvalue weighted by Crippen LogP contribution is -2.04. The van der Waals surface area contributed by atoms with E-state index in [1.807, 2.05) is 0 Å². The number of aliphatic carboxylic acids is 1. The lowest BCUT2D eigenvalue weighted by atomic mass is 10.0. The monoisotopic (exact) mass is 216 g/mol. The van der Waals surface area contributed by atoms with E-state index in [0.717, 1.165) is 18.2 Å². The van der Waals surface area contributed by atoms with Crippen molar-refractivity contribution < 1.29 is 23.8 Å². The second kappa shape index (κ2) is 4.84. The van der Waals surface area contributed by atoms with Gasteiger partial charge in [-0.1, -0.05) is 0 Å². The molecule has 0 fully saturated rings. The molecule has 15 heavy (non-hydrogen) atoms. The Labute approximate surface area is 85.0 Å². The van der Waals surface area contributed by atoms with Crippen LogP contribution in [0.2, 0.25) is 0 Å². The summed E-state index contributed by atoms with van der Waals surface area (Å²) >= 11 is 0. The van der Waals surface area contributed by atoms with Crippen molar-refractivity contribution >= 4 is 5.97 Å². The Morgan fingerprint density at radius 2 is 2.07 bits per heavy atom. The SMILES string of the molecule is O=C(O)CCC(O)c1cc(F)ccc1F. The van der Waals surface area contributed by atoms with Crippen LogP contribution in [0.5, 0.6) is 0 Å². The van der Waals surface area contributed by atoms with Gasteiger partial charge in [0.25, 0.3) is 0 Å². The fourth-order valence-corrected chi connectivity index (χ4v) is 1.19. The summed E-state index contributed by atoms with van der Waals surface area (Å²) in [5.41, 5.74) is -0.212. The zero-order valence-electron chi connectivity index (χ0n) is 7.78. The topological polar surface area (TPSA) is 57.5 Å². The van der Waals surface area contributed by atoms with Gasteiger partial charge in [-0.25, -0.2) is 8.78 Å². The molecule has 1 atom stereocenters. The van der Waals surface area contributed by atoms with Crippen LogP contribution in [0.1, 0.15) is 24.5 Å². The molecular weight excluding hydrogens is 206 g/mol. The zero-order valence-corrected chi connectivity index (χ0v) is 7.78. The van der Waals surface area contributed by atoms with E-state index in [4.69, 9.17) is 5.11 Å². The highest BCUT2D eigenvalue weighted by molar-refractivity contribution is 5.66. The Balaban J connectivity index is 2.76. The Hall–Kier alpha value is -1.49. The predicted molar refractivity (Wildman–Crippen MR) is 48.2 cm³/mol. The molecule has 1 rings (SSSR count). The Kier molecular flexibility index (Phi) is 3.74. The highest BCUT2D eigenvalue weighted by Gasteiger charge is 2.14. The van der Waals surface area contributed by atoms with Gasteiger partial charge in [-0.3, -0.25) is 4.79 Å². The maximum absolute atomic E-state index is 13.1. The van der Waals surface area contributed by atoms with Crippen LogP contribution in [-0.2, 0) is 4.79 Å². The van der Waals surface area contributed by atoms with Crippen LogP contribution < -0.4 is 0 Å². The van der Waals surface area contributed by atoms with Crippen LogP contribution in [0.25, 0.3) is 0 Å². The summed E-state index contributed by atoms with van der Waals surface area (Å²) in [5.74, 6) is -2.50. The molecule has 1 aromatic rings. The maximum Gasteiger partial charge on any atom is 0.303 e. The lowest BCUT2D eigenvalue weighted by molar-refractivity contribution is -0.137. The summed E-state index contributed by atoms with van der Waals surface area (Å²) in [5, 5.41) is 17.8. The smallest absolute Gasteiger partial charge is 0.303 e. The Morgan fingerprint density at radius 3 is 2.67 bits per heavy atom. The molecule has 0 spiro atoms. The van der Waals surface area contributed by atoms with Gasteiger partial charge < -0.3 is 10.2 Å². The molecule has 3 nitrogen and oxygen atoms in total. The van der Waals surface area contributed by atoms with E-state index >= 15 is 0 Å². The molecule has 0 heterocycles. The fraction of sp³-hybridized carbons (Fsp3) is 0.300. The van der Waals surface area contributed by atoms with Gasteiger partial charge in [0.2, 0.25) is 0 Å². The number of rotatable bonds is 4. The third kappa shape index (κ3) is 3.28. The molecule has 0 saturated carbocycles. The van der Waals surface area contributed by atoms with Gasteiger partial charge in [-0.15, -0.1) is 0 Å². The first-order chi connectivity index (χ1) is 7.00. The number of halogens is 2. The first kappa shape index (κ1) is 11.6. The summed E-state index contributed by atoms with van der Waals surface area (Å²) in [4.78, 5) is 10.2. The lowest BCUT2D eigenvalue weighted by Gasteiger charge is -2.10. The second-order valence-electron chi connectivity index (χ2n) is 3.11. The summed E-state index contributed by atoms with van der Waals surface area (Å²) in [6.07, 6.45) is -1.73. The Bertz CT molecular complexity index is 366. The van der Waals surface area contributed by atoms with Gasteiger partial charge in [0, 0.05) is 12.0 Å². The van der Waals surface area contributed by atoms with Gasteiger partial charge in [0.05, 0.1) is 6.10 Å². The summed E-state index contributed by atoms with van der Waals surface area (Å²) in [6.45, 7) is 0. The molecule has 2 N–H and O–H groups in total. The van der Waals surface area contributed by atoms with Gasteiger partial charge in [-0.2, -0.15) is 0 Å². The molecule has 0 saturated heterocycles. The molecule has 0 aliphatic rings. The number of benzene rings is 1. The molecule has 0 aliphatic heterocycles. The van der Waals surface area contributed by atoms with E-state index in [1.54, 1.807) is 0 Å². The van der Waals surface area contributed by atoms with Crippen LogP contribution >= 0.6 is 0 Å². The number of aliphatic hydroxyl groups excluding tert-OH is 1. The first-order valence-electron chi connectivity index (χ1n) is 4.35. The van der Waals surface area contributed by atoms with E-state index < -0.39 is 23.7 Å². The van der Waals surface area contributed by atoms with Gasteiger partial charge in [0.15, 0.2) is 0 Å². The summed E-state index contributed by atoms with van der Waals surface area (Å²) in [6, 6.07) is 2.69. The molecule has 0 bridgehead atoms. The number of carboxylic acids is 1.